The molecule has 2 fully saturated rings. The molecule has 7 heteroatoms. The molecule has 6 nitrogen and oxygen atoms in total. The molecule has 88 valence electrons. The Morgan fingerprint density at radius 2 is 2.56 bits per heavy atom. The lowest BCUT2D eigenvalue weighted by molar-refractivity contribution is -0.132. The van der Waals surface area contributed by atoms with Crippen molar-refractivity contribution in [2.45, 2.75) is 12.5 Å². The van der Waals surface area contributed by atoms with Crippen LogP contribution in [0.25, 0.3) is 10.4 Å². The van der Waals surface area contributed by atoms with E-state index in [0.29, 0.717) is 0 Å². The van der Waals surface area contributed by atoms with Crippen molar-refractivity contribution in [2.24, 2.45) is 11.0 Å². The maximum atomic E-state index is 12.1. The molecule has 0 aliphatic carbocycles. The van der Waals surface area contributed by atoms with Crippen LogP contribution >= 0.6 is 11.8 Å². The quantitative estimate of drug-likeness (QED) is 0.451. The third kappa shape index (κ3) is 2.42. The van der Waals surface area contributed by atoms with E-state index in [2.05, 4.69) is 15.3 Å². The van der Waals surface area contributed by atoms with E-state index >= 15 is 0 Å². The number of carbonyl (C=O) groups excluding carboxylic acids is 1. The average Bonchev–Trinajstić information content (AvgIpc) is 2.96. The Balaban J connectivity index is 2.05. The highest BCUT2D eigenvalue weighted by Gasteiger charge is 2.33. The Kier molecular flexibility index (Phi) is 3.93. The van der Waals surface area contributed by atoms with E-state index in [1.807, 2.05) is 0 Å². The van der Waals surface area contributed by atoms with Crippen molar-refractivity contribution in [3.63, 3.8) is 0 Å². The van der Waals surface area contributed by atoms with Crippen LogP contribution in [0.3, 0.4) is 0 Å². The maximum Gasteiger partial charge on any atom is 0.232 e. The monoisotopic (exact) mass is 241 g/mol. The number of nitrogens with zero attached hydrogens (tertiary/aromatic N) is 4. The Hall–Kier alpha value is -0.910. The zero-order valence-corrected chi connectivity index (χ0v) is 9.82. The van der Waals surface area contributed by atoms with E-state index < -0.39 is 6.04 Å². The van der Waals surface area contributed by atoms with E-state index in [0.717, 1.165) is 37.7 Å². The number of rotatable bonds is 3. The molecule has 2 heterocycles. The van der Waals surface area contributed by atoms with E-state index in [1.54, 1.807) is 16.7 Å². The fraction of sp³-hybridized carbons (Fsp3) is 0.889. The fourth-order valence-electron chi connectivity index (χ4n) is 2.12. The molecule has 0 aromatic heterocycles. The Labute approximate surface area is 98.4 Å². The van der Waals surface area contributed by atoms with Crippen molar-refractivity contribution >= 4 is 17.7 Å². The molecule has 0 spiro atoms. The molecular weight excluding hydrogens is 226 g/mol. The standard InChI is InChI=1S/C9H15N5OS/c10-13-12-8(7-1-2-11-5-7)9(15)14-3-4-16-6-14/h7-8,11H,1-6H2/t7?,8-/m0/s1. The van der Waals surface area contributed by atoms with Crippen LogP contribution in [-0.2, 0) is 4.79 Å². The first-order valence-electron chi connectivity index (χ1n) is 5.44. The molecule has 1 N–H and O–H groups in total. The lowest BCUT2D eigenvalue weighted by atomic mass is 9.98. The molecule has 0 saturated carbocycles. The van der Waals surface area contributed by atoms with Crippen molar-refractivity contribution in [1.82, 2.24) is 10.2 Å². The van der Waals surface area contributed by atoms with Gasteiger partial charge in [-0.3, -0.25) is 4.79 Å². The zero-order chi connectivity index (χ0) is 11.4. The Bertz CT molecular complexity index is 305. The highest BCUT2D eigenvalue weighted by molar-refractivity contribution is 7.99. The summed E-state index contributed by atoms with van der Waals surface area (Å²) in [5, 5.41) is 6.89. The topological polar surface area (TPSA) is 81.1 Å². The second-order valence-corrected chi connectivity index (χ2v) is 5.12. The van der Waals surface area contributed by atoms with Gasteiger partial charge in [0, 0.05) is 17.2 Å². The van der Waals surface area contributed by atoms with Gasteiger partial charge in [0.1, 0.15) is 6.04 Å². The second-order valence-electron chi connectivity index (χ2n) is 4.04. The molecule has 2 saturated heterocycles. The molecule has 0 radical (unpaired) electrons. The van der Waals surface area contributed by atoms with Crippen molar-refractivity contribution in [3.8, 4) is 0 Å². The molecule has 16 heavy (non-hydrogen) atoms. The largest absolute Gasteiger partial charge is 0.332 e. The van der Waals surface area contributed by atoms with Gasteiger partial charge >= 0.3 is 0 Å². The lowest BCUT2D eigenvalue weighted by Crippen LogP contribution is -2.40. The van der Waals surface area contributed by atoms with Crippen LogP contribution in [-0.4, -0.2) is 48.1 Å². The number of azide groups is 1. The SMILES string of the molecule is [N-]=[N+]=N[C@H](C(=O)N1CCSC1)C1CCNC1. The van der Waals surface area contributed by atoms with Gasteiger partial charge in [0.15, 0.2) is 0 Å². The van der Waals surface area contributed by atoms with E-state index in [9.17, 15) is 4.79 Å². The molecule has 2 rings (SSSR count). The van der Waals surface area contributed by atoms with Crippen LogP contribution in [0.5, 0.6) is 0 Å². The summed E-state index contributed by atoms with van der Waals surface area (Å²) in [6.07, 6.45) is 0.913. The summed E-state index contributed by atoms with van der Waals surface area (Å²) in [6, 6.07) is -0.515. The van der Waals surface area contributed by atoms with Crippen molar-refractivity contribution in [2.75, 3.05) is 31.3 Å². The Morgan fingerprint density at radius 3 is 3.12 bits per heavy atom. The number of amides is 1. The van der Waals surface area contributed by atoms with Gasteiger partial charge in [-0.2, -0.15) is 0 Å². The summed E-state index contributed by atoms with van der Waals surface area (Å²) >= 11 is 1.74. The summed E-state index contributed by atoms with van der Waals surface area (Å²) < 4.78 is 0. The summed E-state index contributed by atoms with van der Waals surface area (Å²) in [7, 11) is 0. The molecular formula is C9H15N5OS. The van der Waals surface area contributed by atoms with Gasteiger partial charge in [0.2, 0.25) is 5.91 Å². The predicted octanol–water partition coefficient (Wildman–Crippen LogP) is 0.808. The number of hydrogen-bond acceptors (Lipinski definition) is 4. The van der Waals surface area contributed by atoms with E-state index in [-0.39, 0.29) is 11.8 Å². The highest BCUT2D eigenvalue weighted by Crippen LogP contribution is 2.22. The number of thioether (sulfide) groups is 1. The van der Waals surface area contributed by atoms with E-state index in [4.69, 9.17) is 5.53 Å². The van der Waals surface area contributed by atoms with Crippen LogP contribution in [0.1, 0.15) is 6.42 Å². The first kappa shape index (κ1) is 11.6. The molecule has 1 unspecified atom stereocenters. The van der Waals surface area contributed by atoms with Gasteiger partial charge < -0.3 is 10.2 Å². The van der Waals surface area contributed by atoms with Crippen LogP contribution in [0.4, 0.5) is 0 Å². The minimum absolute atomic E-state index is 0.00324. The van der Waals surface area contributed by atoms with Crippen molar-refractivity contribution in [3.05, 3.63) is 10.4 Å². The van der Waals surface area contributed by atoms with Gasteiger partial charge in [-0.15, -0.1) is 11.8 Å². The summed E-state index contributed by atoms with van der Waals surface area (Å²) in [4.78, 5) is 16.8. The fourth-order valence-corrected chi connectivity index (χ4v) is 3.08. The van der Waals surface area contributed by atoms with Crippen molar-refractivity contribution in [1.29, 1.82) is 0 Å². The van der Waals surface area contributed by atoms with Crippen LogP contribution in [0.2, 0.25) is 0 Å². The first-order valence-corrected chi connectivity index (χ1v) is 6.60. The van der Waals surface area contributed by atoms with Crippen LogP contribution in [0, 0.1) is 5.92 Å². The number of hydrogen-bond donors (Lipinski definition) is 1. The van der Waals surface area contributed by atoms with Crippen LogP contribution in [0.15, 0.2) is 5.11 Å². The van der Waals surface area contributed by atoms with Gasteiger partial charge in [0.05, 0.1) is 5.88 Å². The molecule has 2 aliphatic rings. The van der Waals surface area contributed by atoms with Gasteiger partial charge in [0.25, 0.3) is 0 Å². The zero-order valence-electron chi connectivity index (χ0n) is 9.00. The smallest absolute Gasteiger partial charge is 0.232 e. The average molecular weight is 241 g/mol. The number of carbonyl (C=O) groups is 1. The highest BCUT2D eigenvalue weighted by atomic mass is 32.2. The molecule has 2 aliphatic heterocycles. The van der Waals surface area contributed by atoms with Gasteiger partial charge in [-0.1, -0.05) is 5.11 Å². The van der Waals surface area contributed by atoms with Crippen LogP contribution < -0.4 is 5.32 Å². The van der Waals surface area contributed by atoms with Gasteiger partial charge in [-0.25, -0.2) is 0 Å². The van der Waals surface area contributed by atoms with E-state index in [1.165, 1.54) is 0 Å². The summed E-state index contributed by atoms with van der Waals surface area (Å²) in [5.74, 6) is 1.87. The molecule has 0 aromatic rings. The minimum atomic E-state index is -0.515. The molecule has 0 aromatic carbocycles. The molecule has 0 bridgehead atoms. The lowest BCUT2D eigenvalue weighted by Gasteiger charge is -2.22. The van der Waals surface area contributed by atoms with Gasteiger partial charge in [-0.05, 0) is 31.0 Å². The third-order valence-corrected chi connectivity index (χ3v) is 4.00. The third-order valence-electron chi connectivity index (χ3n) is 3.04. The van der Waals surface area contributed by atoms with Crippen molar-refractivity contribution < 1.29 is 4.79 Å². The Morgan fingerprint density at radius 1 is 1.69 bits per heavy atom. The summed E-state index contributed by atoms with van der Waals surface area (Å²) in [6.45, 7) is 2.46. The minimum Gasteiger partial charge on any atom is -0.332 e. The maximum absolute atomic E-state index is 12.1. The first-order chi connectivity index (χ1) is 7.83. The number of nitrogens with one attached hydrogen (secondary N) is 1. The molecule has 1 amide bonds. The summed E-state index contributed by atoms with van der Waals surface area (Å²) in [5.41, 5.74) is 8.55. The second kappa shape index (κ2) is 5.43. The molecule has 2 atom stereocenters. The normalized spacial score (nSPS) is 26.5. The predicted molar refractivity (Wildman–Crippen MR) is 62.9 cm³/mol.